The third-order valence-electron chi connectivity index (χ3n) is 5.94. The minimum absolute atomic E-state index is 0.0284. The summed E-state index contributed by atoms with van der Waals surface area (Å²) in [4.78, 5) is 88.6. The summed E-state index contributed by atoms with van der Waals surface area (Å²) in [7, 11) is -13.9. The Hall–Kier alpha value is -3.30. The van der Waals surface area contributed by atoms with Crippen LogP contribution in [0.2, 0.25) is 0 Å². The number of aromatic nitrogens is 4. The molecule has 268 valence electrons. The molecule has 2 aromatic heterocycles. The minimum atomic E-state index is -4.64. The van der Waals surface area contributed by atoms with Gasteiger partial charge in [-0.05, 0) is 6.07 Å². The van der Waals surface area contributed by atoms with Gasteiger partial charge in [0, 0.05) is 29.5 Å². The van der Waals surface area contributed by atoms with Crippen molar-refractivity contribution >= 4 is 46.1 Å². The van der Waals surface area contributed by atoms with Gasteiger partial charge in [-0.25, -0.2) is 28.6 Å². The van der Waals surface area contributed by atoms with Gasteiger partial charge in [0.1, 0.15) is 17.9 Å². The number of nitrogens with zero attached hydrogens (tertiary/aromatic N) is 5. The fourth-order valence-corrected chi connectivity index (χ4v) is 4.29. The van der Waals surface area contributed by atoms with E-state index >= 15 is 0 Å². The monoisotopic (exact) mass is 747 g/mol. The zero-order valence-corrected chi connectivity index (χ0v) is 27.0. The molecule has 4 atom stereocenters. The lowest BCUT2D eigenvalue weighted by molar-refractivity contribution is -0.386. The van der Waals surface area contributed by atoms with Crippen LogP contribution in [0, 0.1) is 22.0 Å². The van der Waals surface area contributed by atoms with E-state index in [-0.39, 0.29) is 24.5 Å². The number of nitro groups is 1. The van der Waals surface area contributed by atoms with Gasteiger partial charge in [-0.3, -0.25) is 14.7 Å². The van der Waals surface area contributed by atoms with Crippen molar-refractivity contribution in [1.29, 1.82) is 0 Å². The third kappa shape index (κ3) is 14.0. The second-order valence-electron chi connectivity index (χ2n) is 9.30. The first-order valence-corrected chi connectivity index (χ1v) is 17.2. The molecular weight excluding hydrogens is 715 g/mol. The standard InChI is InChI=1S/C21H23N7O5.3H3O4P/c1-12(14-5-4-13(3-2-6-22)7-15(14)28(31)32)21(8-16(30)17(9-29)33-21)27-11-26-18-19(23)24-10-25-20(18)27;3*1-5(2,3)4/h4-5,7,10-12,16-17,29-30H,6,8-9,22H2,1H3,(H2,23,24,25);3*(H3,1,2,3,4)/t12?,16-,17+,21-;;;/m0.../s1. The average molecular weight is 747 g/mol. The Kier molecular flexibility index (Phi) is 15.5. The molecule has 1 unspecified atom stereocenters. The summed E-state index contributed by atoms with van der Waals surface area (Å²) in [5.41, 5.74) is 11.3. The van der Waals surface area contributed by atoms with Gasteiger partial charge >= 0.3 is 23.5 Å². The zero-order chi connectivity index (χ0) is 37.3. The molecule has 0 saturated carbocycles. The van der Waals surface area contributed by atoms with Crippen molar-refractivity contribution < 1.29 is 77.6 Å². The predicted octanol–water partition coefficient (Wildman–Crippen LogP) is -2.56. The molecule has 27 heteroatoms. The van der Waals surface area contributed by atoms with Gasteiger partial charge in [0.15, 0.2) is 17.2 Å². The van der Waals surface area contributed by atoms with Crippen molar-refractivity contribution in [2.75, 3.05) is 18.9 Å². The van der Waals surface area contributed by atoms with E-state index in [1.165, 1.54) is 18.7 Å². The van der Waals surface area contributed by atoms with Crippen LogP contribution in [0.25, 0.3) is 11.2 Å². The molecule has 1 aliphatic rings. The zero-order valence-electron chi connectivity index (χ0n) is 24.3. The molecule has 48 heavy (non-hydrogen) atoms. The number of fused-ring (bicyclic) bond motifs is 1. The predicted molar refractivity (Wildman–Crippen MR) is 161 cm³/mol. The van der Waals surface area contributed by atoms with Gasteiger partial charge in [0.25, 0.3) is 5.69 Å². The van der Waals surface area contributed by atoms with E-state index in [4.69, 9.17) is 73.9 Å². The Morgan fingerprint density at radius 2 is 1.60 bits per heavy atom. The van der Waals surface area contributed by atoms with E-state index in [2.05, 4.69) is 26.8 Å². The van der Waals surface area contributed by atoms with Crippen molar-refractivity contribution in [2.45, 2.75) is 37.2 Å². The highest BCUT2D eigenvalue weighted by molar-refractivity contribution is 7.45. The highest BCUT2D eigenvalue weighted by Gasteiger charge is 2.53. The molecule has 3 aromatic rings. The summed E-state index contributed by atoms with van der Waals surface area (Å²) in [5, 5.41) is 32.3. The molecule has 0 aliphatic carbocycles. The van der Waals surface area contributed by atoms with Crippen LogP contribution in [0.5, 0.6) is 0 Å². The number of phosphoric acid groups is 3. The van der Waals surface area contributed by atoms with Crippen LogP contribution in [0.3, 0.4) is 0 Å². The largest absolute Gasteiger partial charge is 0.466 e. The van der Waals surface area contributed by atoms with E-state index in [9.17, 15) is 20.3 Å². The molecular formula is C21H32N7O17P3. The van der Waals surface area contributed by atoms with Crippen molar-refractivity contribution in [3.8, 4) is 11.8 Å². The van der Waals surface area contributed by atoms with Gasteiger partial charge < -0.3 is 70.5 Å². The van der Waals surface area contributed by atoms with Crippen LogP contribution >= 0.6 is 23.5 Å². The second kappa shape index (κ2) is 17.4. The number of aliphatic hydroxyl groups is 2. The number of nitrogens with two attached hydrogens (primary N) is 2. The molecule has 15 N–H and O–H groups in total. The maximum absolute atomic E-state index is 11.9. The molecule has 0 amide bonds. The Labute approximate surface area is 269 Å². The van der Waals surface area contributed by atoms with E-state index < -0.39 is 58.8 Å². The lowest BCUT2D eigenvalue weighted by Gasteiger charge is -2.36. The molecule has 1 aromatic carbocycles. The highest BCUT2D eigenvalue weighted by Crippen LogP contribution is 2.48. The third-order valence-corrected chi connectivity index (χ3v) is 5.94. The van der Waals surface area contributed by atoms with Crippen LogP contribution in [0.4, 0.5) is 11.5 Å². The van der Waals surface area contributed by atoms with Crippen molar-refractivity contribution in [2.24, 2.45) is 5.73 Å². The van der Waals surface area contributed by atoms with Crippen molar-refractivity contribution in [1.82, 2.24) is 19.5 Å². The molecule has 1 fully saturated rings. The Morgan fingerprint density at radius 3 is 2.06 bits per heavy atom. The van der Waals surface area contributed by atoms with Crippen molar-refractivity contribution in [3.05, 3.63) is 52.1 Å². The highest BCUT2D eigenvalue weighted by atomic mass is 31.2. The van der Waals surface area contributed by atoms with Crippen molar-refractivity contribution in [3.63, 3.8) is 0 Å². The first-order chi connectivity index (χ1) is 21.8. The molecule has 4 rings (SSSR count). The number of anilines is 1. The van der Waals surface area contributed by atoms with Crippen LogP contribution in [0.1, 0.15) is 30.4 Å². The van der Waals surface area contributed by atoms with E-state index in [0.717, 1.165) is 0 Å². The van der Waals surface area contributed by atoms with E-state index in [0.29, 0.717) is 22.3 Å². The number of imidazole rings is 1. The molecule has 0 spiro atoms. The maximum atomic E-state index is 11.9. The number of nitro benzene ring substituents is 1. The molecule has 3 heterocycles. The SMILES string of the molecule is CC(c1ccc(C#CCN)cc1[N+](=O)[O-])[C@]1(n2cnc3c(N)ncnc32)C[C@H](O)[C@@H](CO)O1.O=P(O)(O)O.O=P(O)(O)O.O=P(O)(O)O. The van der Waals surface area contributed by atoms with Gasteiger partial charge in [0.2, 0.25) is 0 Å². The Balaban J connectivity index is 0.000000643. The summed E-state index contributed by atoms with van der Waals surface area (Å²) in [5.74, 6) is 4.96. The van der Waals surface area contributed by atoms with Gasteiger partial charge in [-0.15, -0.1) is 0 Å². The fourth-order valence-electron chi connectivity index (χ4n) is 4.29. The van der Waals surface area contributed by atoms with E-state index in [1.807, 2.05) is 0 Å². The lowest BCUT2D eigenvalue weighted by atomic mass is 9.85. The quantitative estimate of drug-likeness (QED) is 0.0552. The molecule has 1 saturated heterocycles. The number of benzene rings is 1. The van der Waals surface area contributed by atoms with Gasteiger partial charge in [-0.1, -0.05) is 24.8 Å². The van der Waals surface area contributed by atoms with Crippen LogP contribution < -0.4 is 11.5 Å². The van der Waals surface area contributed by atoms with E-state index in [1.54, 1.807) is 23.6 Å². The molecule has 24 nitrogen and oxygen atoms in total. The molecule has 0 radical (unpaired) electrons. The van der Waals surface area contributed by atoms with Gasteiger partial charge in [0.05, 0.1) is 30.5 Å². The summed E-state index contributed by atoms with van der Waals surface area (Å²) in [6.07, 6.45) is 0.823. The number of aliphatic hydroxyl groups excluding tert-OH is 2. The lowest BCUT2D eigenvalue weighted by Crippen LogP contribution is -2.39. The Bertz CT molecular complexity index is 1690. The van der Waals surface area contributed by atoms with Crippen LogP contribution in [0.15, 0.2) is 30.9 Å². The first-order valence-electron chi connectivity index (χ1n) is 12.5. The smallest absolute Gasteiger partial charge is 0.394 e. The number of hydrogen-bond donors (Lipinski definition) is 13. The normalized spacial score (nSPS) is 19.7. The number of nitrogen functional groups attached to an aromatic ring is 1. The summed E-state index contributed by atoms with van der Waals surface area (Å²) in [6, 6.07) is 4.65. The summed E-state index contributed by atoms with van der Waals surface area (Å²) in [6.45, 7) is 1.44. The fraction of sp³-hybridized carbons (Fsp3) is 0.381. The maximum Gasteiger partial charge on any atom is 0.466 e. The number of hydrogen-bond acceptors (Lipinski definition) is 13. The number of rotatable bonds is 5. The summed E-state index contributed by atoms with van der Waals surface area (Å²) >= 11 is 0. The van der Waals surface area contributed by atoms with Crippen LogP contribution in [-0.2, 0) is 24.2 Å². The average Bonchev–Trinajstić information content (AvgIpc) is 3.51. The Morgan fingerprint density at radius 1 is 1.06 bits per heavy atom. The number of ether oxygens (including phenoxy) is 1. The molecule has 1 aliphatic heterocycles. The topological polar surface area (TPSA) is 422 Å². The minimum Gasteiger partial charge on any atom is -0.394 e. The van der Waals surface area contributed by atoms with Gasteiger partial charge in [-0.2, -0.15) is 0 Å². The molecule has 0 bridgehead atoms. The second-order valence-corrected chi connectivity index (χ2v) is 12.4. The summed E-state index contributed by atoms with van der Waals surface area (Å²) < 4.78 is 34.4. The van der Waals surface area contributed by atoms with Crippen LogP contribution in [-0.4, -0.2) is 104 Å². The first kappa shape index (κ1) is 42.7.